The number of nitrogens with one attached hydrogen (secondary N) is 1. The molecule has 2 atom stereocenters. The molecule has 0 saturated carbocycles. The van der Waals surface area contributed by atoms with Crippen molar-refractivity contribution < 1.29 is 14.3 Å². The molecule has 0 aliphatic carbocycles. The van der Waals surface area contributed by atoms with E-state index in [0.29, 0.717) is 32.0 Å². The highest BCUT2D eigenvalue weighted by molar-refractivity contribution is 5.90. The van der Waals surface area contributed by atoms with Gasteiger partial charge in [0.1, 0.15) is 12.1 Å². The molecule has 0 radical (unpaired) electrons. The van der Waals surface area contributed by atoms with Gasteiger partial charge in [0, 0.05) is 25.5 Å². The summed E-state index contributed by atoms with van der Waals surface area (Å²) < 4.78 is 5.68. The Hall–Kier alpha value is -1.95. The van der Waals surface area contributed by atoms with Crippen molar-refractivity contribution in [3.8, 4) is 0 Å². The molecule has 126 valence electrons. The first kappa shape index (κ1) is 17.4. The van der Waals surface area contributed by atoms with E-state index in [9.17, 15) is 9.59 Å². The van der Waals surface area contributed by atoms with Gasteiger partial charge in [0.25, 0.3) is 5.91 Å². The second-order valence-corrected chi connectivity index (χ2v) is 6.28. The highest BCUT2D eigenvalue weighted by Gasteiger charge is 2.35. The Labute approximate surface area is 137 Å². The van der Waals surface area contributed by atoms with Gasteiger partial charge in [0.2, 0.25) is 5.91 Å². The first-order chi connectivity index (χ1) is 11.0. The number of nitrogens with zero attached hydrogens (tertiary/aromatic N) is 2. The van der Waals surface area contributed by atoms with Gasteiger partial charge in [-0.1, -0.05) is 13.8 Å². The van der Waals surface area contributed by atoms with Gasteiger partial charge in [0.05, 0.1) is 6.61 Å². The number of hydrogen-bond acceptors (Lipinski definition) is 4. The predicted molar refractivity (Wildman–Crippen MR) is 86.5 cm³/mol. The zero-order valence-electron chi connectivity index (χ0n) is 14.0. The zero-order valence-corrected chi connectivity index (χ0v) is 14.0. The maximum atomic E-state index is 12.7. The van der Waals surface area contributed by atoms with Crippen molar-refractivity contribution in [1.29, 1.82) is 0 Å². The van der Waals surface area contributed by atoms with Crippen LogP contribution in [0.15, 0.2) is 24.5 Å². The van der Waals surface area contributed by atoms with Crippen LogP contribution in [0.25, 0.3) is 0 Å². The Morgan fingerprint density at radius 3 is 2.74 bits per heavy atom. The molecule has 6 nitrogen and oxygen atoms in total. The van der Waals surface area contributed by atoms with Gasteiger partial charge in [-0.05, 0) is 37.0 Å². The van der Waals surface area contributed by atoms with Crippen LogP contribution >= 0.6 is 0 Å². The van der Waals surface area contributed by atoms with Crippen molar-refractivity contribution >= 4 is 11.8 Å². The summed E-state index contributed by atoms with van der Waals surface area (Å²) in [7, 11) is 0. The number of hydrogen-bond donors (Lipinski definition) is 1. The third-order valence-corrected chi connectivity index (χ3v) is 3.91. The van der Waals surface area contributed by atoms with Crippen LogP contribution in [0, 0.1) is 5.92 Å². The Balaban J connectivity index is 1.97. The Kier molecular flexibility index (Phi) is 6.10. The number of piperazine rings is 1. The third kappa shape index (κ3) is 4.76. The smallest absolute Gasteiger partial charge is 0.252 e. The first-order valence-electron chi connectivity index (χ1n) is 8.07. The quantitative estimate of drug-likeness (QED) is 0.859. The minimum Gasteiger partial charge on any atom is -0.364 e. The summed E-state index contributed by atoms with van der Waals surface area (Å²) in [6.45, 7) is 7.22. The first-order valence-corrected chi connectivity index (χ1v) is 8.07. The lowest BCUT2D eigenvalue weighted by molar-refractivity contribution is -0.152. The molecule has 1 aromatic rings. The maximum Gasteiger partial charge on any atom is 0.252 e. The van der Waals surface area contributed by atoms with Crippen LogP contribution in [0.5, 0.6) is 0 Å². The van der Waals surface area contributed by atoms with Crippen LogP contribution in [0.3, 0.4) is 0 Å². The summed E-state index contributed by atoms with van der Waals surface area (Å²) in [6.07, 6.45) is 3.47. The van der Waals surface area contributed by atoms with Gasteiger partial charge in [-0.2, -0.15) is 0 Å². The Bertz CT molecular complexity index is 533. The van der Waals surface area contributed by atoms with E-state index in [4.69, 9.17) is 4.74 Å². The van der Waals surface area contributed by atoms with Gasteiger partial charge < -0.3 is 15.0 Å². The van der Waals surface area contributed by atoms with Crippen molar-refractivity contribution in [2.75, 3.05) is 13.1 Å². The number of carbonyl (C=O) groups excluding carboxylic acids is 2. The summed E-state index contributed by atoms with van der Waals surface area (Å²) in [4.78, 5) is 30.4. The second kappa shape index (κ2) is 8.06. The van der Waals surface area contributed by atoms with Crippen LogP contribution in [-0.2, 0) is 20.9 Å². The van der Waals surface area contributed by atoms with Crippen molar-refractivity contribution in [3.05, 3.63) is 30.1 Å². The molecule has 0 spiro atoms. The van der Waals surface area contributed by atoms with Crippen molar-refractivity contribution in [1.82, 2.24) is 15.2 Å². The minimum atomic E-state index is -0.580. The molecule has 1 aromatic heterocycles. The van der Waals surface area contributed by atoms with Crippen LogP contribution in [-0.4, -0.2) is 46.9 Å². The summed E-state index contributed by atoms with van der Waals surface area (Å²) in [5.41, 5.74) is 0.967. The average molecular weight is 319 g/mol. The van der Waals surface area contributed by atoms with Gasteiger partial charge in [-0.15, -0.1) is 0 Å². The van der Waals surface area contributed by atoms with Crippen LogP contribution in [0.4, 0.5) is 0 Å². The summed E-state index contributed by atoms with van der Waals surface area (Å²) in [6, 6.07) is 3.31. The molecule has 1 aliphatic heterocycles. The number of aromatic nitrogens is 1. The molecule has 0 bridgehead atoms. The van der Waals surface area contributed by atoms with Crippen LogP contribution < -0.4 is 5.32 Å². The topological polar surface area (TPSA) is 71.5 Å². The molecular formula is C17H25N3O3. The molecule has 23 heavy (non-hydrogen) atoms. The van der Waals surface area contributed by atoms with E-state index in [1.807, 2.05) is 26.0 Å². The zero-order chi connectivity index (χ0) is 16.8. The normalized spacial score (nSPS) is 19.6. The van der Waals surface area contributed by atoms with Gasteiger partial charge in [-0.3, -0.25) is 14.6 Å². The van der Waals surface area contributed by atoms with Crippen molar-refractivity contribution in [2.24, 2.45) is 5.92 Å². The molecular weight excluding hydrogens is 294 g/mol. The van der Waals surface area contributed by atoms with Gasteiger partial charge in [0.15, 0.2) is 0 Å². The van der Waals surface area contributed by atoms with Crippen LogP contribution in [0.2, 0.25) is 0 Å². The number of amides is 2. The lowest BCUT2D eigenvalue weighted by Gasteiger charge is -2.37. The molecule has 2 heterocycles. The number of pyridine rings is 1. The molecule has 1 fully saturated rings. The minimum absolute atomic E-state index is 0.0698. The Morgan fingerprint density at radius 2 is 2.09 bits per heavy atom. The molecule has 1 N–H and O–H groups in total. The highest BCUT2D eigenvalue weighted by Crippen LogP contribution is 2.17. The standard InChI is InChI=1S/C17H25N3O3/c1-12(2)10-15-16(21)19-8-9-20(15)17(22)13(3)23-11-14-4-6-18-7-5-14/h4-7,12-13,15H,8-11H2,1-3H3,(H,19,21)/t13-,15+/m1/s1. The fraction of sp³-hybridized carbons (Fsp3) is 0.588. The largest absolute Gasteiger partial charge is 0.364 e. The lowest BCUT2D eigenvalue weighted by Crippen LogP contribution is -2.59. The molecule has 2 amide bonds. The molecule has 6 heteroatoms. The predicted octanol–water partition coefficient (Wildman–Crippen LogP) is 1.36. The number of carbonyl (C=O) groups is 2. The average Bonchev–Trinajstić information content (AvgIpc) is 2.54. The van der Waals surface area contributed by atoms with E-state index in [2.05, 4.69) is 10.3 Å². The summed E-state index contributed by atoms with van der Waals surface area (Å²) in [5, 5.41) is 2.84. The van der Waals surface area contributed by atoms with Gasteiger partial charge in [-0.25, -0.2) is 0 Å². The fourth-order valence-electron chi connectivity index (χ4n) is 2.66. The highest BCUT2D eigenvalue weighted by atomic mass is 16.5. The third-order valence-electron chi connectivity index (χ3n) is 3.91. The molecule has 1 aliphatic rings. The molecule has 0 aromatic carbocycles. The van der Waals surface area contributed by atoms with E-state index in [-0.39, 0.29) is 11.8 Å². The summed E-state index contributed by atoms with van der Waals surface area (Å²) in [5.74, 6) is 0.145. The summed E-state index contributed by atoms with van der Waals surface area (Å²) >= 11 is 0. The second-order valence-electron chi connectivity index (χ2n) is 6.28. The Morgan fingerprint density at radius 1 is 1.39 bits per heavy atom. The SMILES string of the molecule is CC(C)C[C@H]1C(=O)NCCN1C(=O)[C@@H](C)OCc1ccncc1. The lowest BCUT2D eigenvalue weighted by atomic mass is 9.99. The maximum absolute atomic E-state index is 12.7. The molecule has 1 saturated heterocycles. The number of rotatable bonds is 6. The van der Waals surface area contributed by atoms with E-state index in [1.165, 1.54) is 0 Å². The molecule has 2 rings (SSSR count). The number of ether oxygens (including phenoxy) is 1. The van der Waals surface area contributed by atoms with Crippen molar-refractivity contribution in [2.45, 2.75) is 45.9 Å². The van der Waals surface area contributed by atoms with E-state index in [1.54, 1.807) is 24.2 Å². The molecule has 0 unspecified atom stereocenters. The van der Waals surface area contributed by atoms with E-state index in [0.717, 1.165) is 5.56 Å². The van der Waals surface area contributed by atoms with Gasteiger partial charge >= 0.3 is 0 Å². The van der Waals surface area contributed by atoms with E-state index >= 15 is 0 Å². The van der Waals surface area contributed by atoms with E-state index < -0.39 is 12.1 Å². The fourth-order valence-corrected chi connectivity index (χ4v) is 2.66. The monoisotopic (exact) mass is 319 g/mol. The van der Waals surface area contributed by atoms with Crippen LogP contribution in [0.1, 0.15) is 32.8 Å². The van der Waals surface area contributed by atoms with Crippen molar-refractivity contribution in [3.63, 3.8) is 0 Å².